The van der Waals surface area contributed by atoms with E-state index < -0.39 is 0 Å². The third-order valence-corrected chi connectivity index (χ3v) is 6.04. The highest BCUT2D eigenvalue weighted by atomic mass is 14.9. The quantitative estimate of drug-likeness (QED) is 0.256. The van der Waals surface area contributed by atoms with Gasteiger partial charge >= 0.3 is 0 Å². The van der Waals surface area contributed by atoms with Gasteiger partial charge < -0.3 is 5.32 Å². The van der Waals surface area contributed by atoms with Crippen LogP contribution in [0.15, 0.2) is 140 Å². The minimum absolute atomic E-state index is 0.119. The number of nitrogens with zero attached hydrogens (tertiary/aromatic N) is 1. The summed E-state index contributed by atoms with van der Waals surface area (Å²) in [6.45, 7) is 8.29. The van der Waals surface area contributed by atoms with E-state index in [1.165, 1.54) is 22.3 Å². The molecule has 0 aliphatic rings. The molecule has 3 aromatic carbocycles. The van der Waals surface area contributed by atoms with Crippen LogP contribution in [0.5, 0.6) is 0 Å². The van der Waals surface area contributed by atoms with E-state index in [2.05, 4.69) is 117 Å². The third kappa shape index (κ3) is 6.04. The summed E-state index contributed by atoms with van der Waals surface area (Å²) >= 11 is 0. The highest BCUT2D eigenvalue weighted by Gasteiger charge is 2.19. The van der Waals surface area contributed by atoms with Gasteiger partial charge in [0.2, 0.25) is 0 Å². The zero-order chi connectivity index (χ0) is 24.5. The predicted octanol–water partition coefficient (Wildman–Crippen LogP) is 8.38. The van der Waals surface area contributed by atoms with Gasteiger partial charge in [-0.15, -0.1) is 0 Å². The molecule has 0 radical (unpaired) electrons. The first kappa shape index (κ1) is 24.0. The highest BCUT2D eigenvalue weighted by molar-refractivity contribution is 5.69. The normalized spacial score (nSPS) is 12.6. The Bertz CT molecular complexity index is 1300. The monoisotopic (exact) mass is 456 g/mol. The lowest BCUT2D eigenvalue weighted by Crippen LogP contribution is -2.19. The lowest BCUT2D eigenvalue weighted by atomic mass is 9.93. The van der Waals surface area contributed by atoms with Crippen molar-refractivity contribution in [2.24, 2.45) is 5.92 Å². The van der Waals surface area contributed by atoms with Crippen LogP contribution < -0.4 is 5.32 Å². The first-order valence-corrected chi connectivity index (χ1v) is 12.1. The summed E-state index contributed by atoms with van der Waals surface area (Å²) in [6, 6.07) is 35.5. The van der Waals surface area contributed by atoms with E-state index >= 15 is 0 Å². The smallest absolute Gasteiger partial charge is 0.0942 e. The maximum atomic E-state index is 5.08. The zero-order valence-corrected chi connectivity index (χ0v) is 20.4. The highest BCUT2D eigenvalue weighted by Crippen LogP contribution is 2.32. The van der Waals surface area contributed by atoms with E-state index in [0.29, 0.717) is 5.92 Å². The molecule has 0 fully saturated rings. The Labute approximate surface area is 209 Å². The number of nitrogens with one attached hydrogen (secondary N) is 1. The summed E-state index contributed by atoms with van der Waals surface area (Å²) < 4.78 is 0. The van der Waals surface area contributed by atoms with Crippen LogP contribution in [0.4, 0.5) is 0 Å². The number of benzene rings is 3. The van der Waals surface area contributed by atoms with Gasteiger partial charge in [0.15, 0.2) is 0 Å². The van der Waals surface area contributed by atoms with Crippen LogP contribution in [0.2, 0.25) is 0 Å². The zero-order valence-electron chi connectivity index (χ0n) is 20.4. The lowest BCUT2D eigenvalue weighted by Gasteiger charge is -2.22. The summed E-state index contributed by atoms with van der Waals surface area (Å²) in [4.78, 5) is 5.08. The number of pyridine rings is 1. The van der Waals surface area contributed by atoms with Gasteiger partial charge in [-0.25, -0.2) is 0 Å². The van der Waals surface area contributed by atoms with E-state index in [4.69, 9.17) is 4.98 Å². The molecule has 0 bridgehead atoms. The molecule has 0 saturated heterocycles. The molecule has 2 heteroatoms. The first-order valence-electron chi connectivity index (χ1n) is 12.1. The van der Waals surface area contributed by atoms with Crippen molar-refractivity contribution >= 4 is 0 Å². The molecule has 1 atom stereocenters. The van der Waals surface area contributed by atoms with Crippen LogP contribution in [0, 0.1) is 5.92 Å². The third-order valence-electron chi connectivity index (χ3n) is 6.04. The van der Waals surface area contributed by atoms with Gasteiger partial charge in [0.05, 0.1) is 17.4 Å². The molecule has 2 nitrogen and oxygen atoms in total. The number of allylic oxidation sites excluding steroid dienone is 4. The van der Waals surface area contributed by atoms with Crippen LogP contribution in [-0.4, -0.2) is 4.98 Å². The van der Waals surface area contributed by atoms with Crippen LogP contribution in [-0.2, 0) is 0 Å². The SMILES string of the molecule is C=C/C(=C\C=C\NC(c1cccc(-c2ccccc2)n1)c1ccccc1-c1ccccc1)C(C)C. The molecule has 4 aromatic rings. The van der Waals surface area contributed by atoms with Crippen LogP contribution in [0.25, 0.3) is 22.4 Å². The summed E-state index contributed by atoms with van der Waals surface area (Å²) in [7, 11) is 0. The molecule has 0 saturated carbocycles. The Morgan fingerprint density at radius 3 is 2.11 bits per heavy atom. The molecule has 0 spiro atoms. The van der Waals surface area contributed by atoms with Crippen molar-refractivity contribution in [3.63, 3.8) is 0 Å². The van der Waals surface area contributed by atoms with Crippen molar-refractivity contribution in [1.82, 2.24) is 10.3 Å². The molecule has 1 aromatic heterocycles. The average molecular weight is 457 g/mol. The van der Waals surface area contributed by atoms with Crippen molar-refractivity contribution in [1.29, 1.82) is 0 Å². The van der Waals surface area contributed by atoms with Crippen molar-refractivity contribution in [2.45, 2.75) is 19.9 Å². The standard InChI is InChI=1S/C33H32N2/c1-4-26(25(2)3)19-14-24-34-33(30-21-12-11-20-29(30)27-15-7-5-8-16-27)32-23-13-22-31(35-32)28-17-9-6-10-18-28/h4-25,33-34H,1H2,2-3H3/b24-14+,26-19+. The van der Waals surface area contributed by atoms with Gasteiger partial charge in [-0.1, -0.05) is 124 Å². The molecule has 0 aliphatic heterocycles. The lowest BCUT2D eigenvalue weighted by molar-refractivity contribution is 0.707. The van der Waals surface area contributed by atoms with E-state index in [9.17, 15) is 0 Å². The number of hydrogen-bond donors (Lipinski definition) is 1. The molecule has 0 amide bonds. The second-order valence-corrected chi connectivity index (χ2v) is 8.75. The van der Waals surface area contributed by atoms with Gasteiger partial charge in [0.1, 0.15) is 0 Å². The van der Waals surface area contributed by atoms with Gasteiger partial charge in [-0.2, -0.15) is 0 Å². The van der Waals surface area contributed by atoms with E-state index in [1.54, 1.807) is 0 Å². The average Bonchev–Trinajstić information content (AvgIpc) is 2.92. The molecule has 4 rings (SSSR count). The molecular weight excluding hydrogens is 424 g/mol. The minimum atomic E-state index is -0.119. The van der Waals surface area contributed by atoms with Crippen LogP contribution >= 0.6 is 0 Å². The molecule has 174 valence electrons. The molecule has 1 N–H and O–H groups in total. The fraction of sp³-hybridized carbons (Fsp3) is 0.121. The topological polar surface area (TPSA) is 24.9 Å². The summed E-state index contributed by atoms with van der Waals surface area (Å²) in [5, 5.41) is 3.64. The van der Waals surface area contributed by atoms with Gasteiger partial charge in [-0.05, 0) is 52.6 Å². The Morgan fingerprint density at radius 2 is 1.43 bits per heavy atom. The van der Waals surface area contributed by atoms with Gasteiger partial charge in [-0.3, -0.25) is 4.98 Å². The van der Waals surface area contributed by atoms with E-state index in [1.807, 2.05) is 36.5 Å². The largest absolute Gasteiger partial charge is 0.379 e. The Morgan fingerprint density at radius 1 is 0.771 bits per heavy atom. The maximum Gasteiger partial charge on any atom is 0.0942 e. The van der Waals surface area contributed by atoms with Crippen molar-refractivity contribution in [2.75, 3.05) is 0 Å². The van der Waals surface area contributed by atoms with Crippen molar-refractivity contribution in [3.05, 3.63) is 151 Å². The molecule has 1 heterocycles. The van der Waals surface area contributed by atoms with Crippen molar-refractivity contribution in [3.8, 4) is 22.4 Å². The minimum Gasteiger partial charge on any atom is -0.379 e. The number of aromatic nitrogens is 1. The summed E-state index contributed by atoms with van der Waals surface area (Å²) in [5.74, 6) is 0.427. The number of rotatable bonds is 9. The second kappa shape index (κ2) is 11.8. The first-order chi connectivity index (χ1) is 17.2. The second-order valence-electron chi connectivity index (χ2n) is 8.75. The Hall–Kier alpha value is -4.17. The summed E-state index contributed by atoms with van der Waals surface area (Å²) in [5.41, 5.74) is 7.80. The fourth-order valence-corrected chi connectivity index (χ4v) is 4.15. The summed E-state index contributed by atoms with van der Waals surface area (Å²) in [6.07, 6.45) is 8.09. The van der Waals surface area contributed by atoms with Crippen LogP contribution in [0.3, 0.4) is 0 Å². The predicted molar refractivity (Wildman–Crippen MR) is 149 cm³/mol. The van der Waals surface area contributed by atoms with Crippen LogP contribution in [0.1, 0.15) is 31.1 Å². The molecular formula is C33H32N2. The van der Waals surface area contributed by atoms with E-state index in [-0.39, 0.29) is 6.04 Å². The maximum absolute atomic E-state index is 5.08. The number of hydrogen-bond acceptors (Lipinski definition) is 2. The molecule has 35 heavy (non-hydrogen) atoms. The van der Waals surface area contributed by atoms with E-state index in [0.717, 1.165) is 17.0 Å². The Kier molecular flexibility index (Phi) is 8.08. The van der Waals surface area contributed by atoms with Gasteiger partial charge in [0.25, 0.3) is 0 Å². The molecule has 0 aliphatic carbocycles. The van der Waals surface area contributed by atoms with Crippen molar-refractivity contribution < 1.29 is 0 Å². The Balaban J connectivity index is 1.77. The molecule has 1 unspecified atom stereocenters. The fourth-order valence-electron chi connectivity index (χ4n) is 4.15. The van der Waals surface area contributed by atoms with Gasteiger partial charge in [0, 0.05) is 5.56 Å².